The first-order valence-electron chi connectivity index (χ1n) is 6.67. The predicted molar refractivity (Wildman–Crippen MR) is 82.6 cm³/mol. The molecule has 1 amide bonds. The molecule has 2 aromatic heterocycles. The number of benzene rings is 1. The number of amides is 1. The Balaban J connectivity index is 1.98. The summed E-state index contributed by atoms with van der Waals surface area (Å²) >= 11 is 0. The van der Waals surface area contributed by atoms with Crippen LogP contribution in [0.15, 0.2) is 30.5 Å². The number of nitrogens with one attached hydrogen (secondary N) is 2. The number of nitrogens with zero attached hydrogens (tertiary/aromatic N) is 2. The molecule has 0 bridgehead atoms. The maximum absolute atomic E-state index is 12.3. The zero-order valence-electron chi connectivity index (χ0n) is 12.5. The Morgan fingerprint density at radius 1 is 1.23 bits per heavy atom. The third kappa shape index (κ3) is 2.37. The molecule has 0 aliphatic heterocycles. The molecule has 0 spiro atoms. The number of aromatic nitrogens is 3. The lowest BCUT2D eigenvalue weighted by molar-refractivity contribution is 0.102. The number of H-pyrrole nitrogens is 1. The number of aryl methyl sites for hydroxylation is 1. The van der Waals surface area contributed by atoms with Crippen molar-refractivity contribution in [2.75, 3.05) is 19.5 Å². The second kappa shape index (κ2) is 5.44. The summed E-state index contributed by atoms with van der Waals surface area (Å²) in [7, 11) is 4.95. The van der Waals surface area contributed by atoms with Crippen molar-refractivity contribution >= 4 is 22.6 Å². The number of carbonyl (C=O) groups is 1. The highest BCUT2D eigenvalue weighted by Gasteiger charge is 2.16. The van der Waals surface area contributed by atoms with Gasteiger partial charge in [-0.1, -0.05) is 0 Å². The molecular weight excluding hydrogens is 284 g/mol. The molecule has 0 fully saturated rings. The molecule has 2 N–H and O–H groups in total. The van der Waals surface area contributed by atoms with E-state index in [0.29, 0.717) is 28.5 Å². The van der Waals surface area contributed by atoms with Gasteiger partial charge in [0.05, 0.1) is 19.7 Å². The second-order valence-electron chi connectivity index (χ2n) is 4.77. The summed E-state index contributed by atoms with van der Waals surface area (Å²) in [5.41, 5.74) is 1.12. The van der Waals surface area contributed by atoms with Gasteiger partial charge in [0.15, 0.2) is 5.82 Å². The van der Waals surface area contributed by atoms with Crippen LogP contribution in [0.4, 0.5) is 5.82 Å². The molecule has 3 rings (SSSR count). The second-order valence-corrected chi connectivity index (χ2v) is 4.77. The van der Waals surface area contributed by atoms with Crippen LogP contribution in [0.5, 0.6) is 11.5 Å². The monoisotopic (exact) mass is 300 g/mol. The van der Waals surface area contributed by atoms with E-state index in [1.54, 1.807) is 56.4 Å². The molecule has 7 nitrogen and oxygen atoms in total. The Labute approximate surface area is 126 Å². The van der Waals surface area contributed by atoms with E-state index in [1.165, 1.54) is 0 Å². The molecule has 0 aliphatic carbocycles. The van der Waals surface area contributed by atoms with Crippen molar-refractivity contribution in [1.82, 2.24) is 14.8 Å². The number of anilines is 1. The van der Waals surface area contributed by atoms with Gasteiger partial charge in [0, 0.05) is 24.7 Å². The SMILES string of the molecule is COc1ccc(OC)c2[nH]c(C(=O)Nc3ccn(C)n3)cc12. The van der Waals surface area contributed by atoms with E-state index in [1.807, 2.05) is 0 Å². The average molecular weight is 300 g/mol. The number of ether oxygens (including phenoxy) is 2. The molecule has 3 aromatic rings. The highest BCUT2D eigenvalue weighted by molar-refractivity contribution is 6.07. The number of hydrogen-bond acceptors (Lipinski definition) is 4. The zero-order valence-corrected chi connectivity index (χ0v) is 12.5. The summed E-state index contributed by atoms with van der Waals surface area (Å²) in [6.45, 7) is 0. The van der Waals surface area contributed by atoms with Crippen molar-refractivity contribution in [3.63, 3.8) is 0 Å². The average Bonchev–Trinajstić information content (AvgIpc) is 3.12. The van der Waals surface area contributed by atoms with Crippen LogP contribution in [-0.2, 0) is 7.05 Å². The van der Waals surface area contributed by atoms with Gasteiger partial charge in [-0.3, -0.25) is 9.48 Å². The molecule has 0 unspecified atom stereocenters. The van der Waals surface area contributed by atoms with Gasteiger partial charge in [-0.2, -0.15) is 5.10 Å². The Bertz CT molecular complexity index is 794. The topological polar surface area (TPSA) is 81.2 Å². The van der Waals surface area contributed by atoms with E-state index in [0.717, 1.165) is 5.39 Å². The molecule has 2 heterocycles. The molecular formula is C15H16N4O3. The fraction of sp³-hybridized carbons (Fsp3) is 0.200. The van der Waals surface area contributed by atoms with E-state index in [2.05, 4.69) is 15.4 Å². The Hall–Kier alpha value is -2.96. The maximum atomic E-state index is 12.3. The largest absolute Gasteiger partial charge is 0.496 e. The fourth-order valence-electron chi connectivity index (χ4n) is 2.30. The number of carbonyl (C=O) groups excluding carboxylic acids is 1. The molecule has 0 atom stereocenters. The lowest BCUT2D eigenvalue weighted by Crippen LogP contribution is -2.12. The van der Waals surface area contributed by atoms with Crippen molar-refractivity contribution in [3.05, 3.63) is 36.2 Å². The summed E-state index contributed by atoms with van der Waals surface area (Å²) in [5, 5.41) is 7.64. The molecule has 114 valence electrons. The van der Waals surface area contributed by atoms with Crippen LogP contribution in [0.2, 0.25) is 0 Å². The molecule has 1 aromatic carbocycles. The summed E-state index contributed by atoms with van der Waals surface area (Å²) in [4.78, 5) is 15.4. The van der Waals surface area contributed by atoms with Crippen LogP contribution in [-0.4, -0.2) is 34.9 Å². The van der Waals surface area contributed by atoms with E-state index >= 15 is 0 Å². The smallest absolute Gasteiger partial charge is 0.273 e. The summed E-state index contributed by atoms with van der Waals surface area (Å²) in [6, 6.07) is 7.05. The van der Waals surface area contributed by atoms with Gasteiger partial charge >= 0.3 is 0 Å². The molecule has 0 saturated carbocycles. The van der Waals surface area contributed by atoms with Crippen LogP contribution >= 0.6 is 0 Å². The zero-order chi connectivity index (χ0) is 15.7. The van der Waals surface area contributed by atoms with Crippen LogP contribution in [0, 0.1) is 0 Å². The highest BCUT2D eigenvalue weighted by Crippen LogP contribution is 2.33. The summed E-state index contributed by atoms with van der Waals surface area (Å²) < 4.78 is 12.2. The third-order valence-electron chi connectivity index (χ3n) is 3.36. The van der Waals surface area contributed by atoms with Gasteiger partial charge in [0.2, 0.25) is 0 Å². The standard InChI is InChI=1S/C15H16N4O3/c1-19-7-6-13(18-19)17-15(20)10-8-9-11(21-2)4-5-12(22-3)14(9)16-10/h4-8,16H,1-3H3,(H,17,18,20). The number of aromatic amines is 1. The summed E-state index contributed by atoms with van der Waals surface area (Å²) in [5.74, 6) is 1.53. The van der Waals surface area contributed by atoms with Gasteiger partial charge < -0.3 is 19.8 Å². The van der Waals surface area contributed by atoms with Crippen LogP contribution in [0.1, 0.15) is 10.5 Å². The minimum Gasteiger partial charge on any atom is -0.496 e. The lowest BCUT2D eigenvalue weighted by atomic mass is 10.2. The van der Waals surface area contributed by atoms with Crippen molar-refractivity contribution < 1.29 is 14.3 Å². The third-order valence-corrected chi connectivity index (χ3v) is 3.36. The van der Waals surface area contributed by atoms with E-state index < -0.39 is 0 Å². The molecule has 0 radical (unpaired) electrons. The maximum Gasteiger partial charge on any atom is 0.273 e. The fourth-order valence-corrected chi connectivity index (χ4v) is 2.30. The van der Waals surface area contributed by atoms with Gasteiger partial charge in [0.1, 0.15) is 17.2 Å². The quantitative estimate of drug-likeness (QED) is 0.773. The van der Waals surface area contributed by atoms with E-state index in [4.69, 9.17) is 9.47 Å². The number of fused-ring (bicyclic) bond motifs is 1. The minimum atomic E-state index is -0.279. The van der Waals surface area contributed by atoms with Gasteiger partial charge in [0.25, 0.3) is 5.91 Å². The molecule has 0 saturated heterocycles. The van der Waals surface area contributed by atoms with Crippen molar-refractivity contribution in [2.24, 2.45) is 7.05 Å². The van der Waals surface area contributed by atoms with Crippen LogP contribution in [0.25, 0.3) is 10.9 Å². The predicted octanol–water partition coefficient (Wildman–Crippen LogP) is 2.17. The van der Waals surface area contributed by atoms with E-state index in [9.17, 15) is 4.79 Å². The van der Waals surface area contributed by atoms with Gasteiger partial charge in [-0.15, -0.1) is 0 Å². The Kier molecular flexibility index (Phi) is 3.46. The highest BCUT2D eigenvalue weighted by atomic mass is 16.5. The molecule has 0 aliphatic rings. The first-order valence-corrected chi connectivity index (χ1v) is 6.67. The normalized spacial score (nSPS) is 10.7. The molecule has 22 heavy (non-hydrogen) atoms. The van der Waals surface area contributed by atoms with Crippen molar-refractivity contribution in [2.45, 2.75) is 0 Å². The lowest BCUT2D eigenvalue weighted by Gasteiger charge is -2.05. The Morgan fingerprint density at radius 3 is 2.59 bits per heavy atom. The van der Waals surface area contributed by atoms with Crippen LogP contribution in [0.3, 0.4) is 0 Å². The number of methoxy groups -OCH3 is 2. The van der Waals surface area contributed by atoms with Gasteiger partial charge in [-0.05, 0) is 18.2 Å². The van der Waals surface area contributed by atoms with Crippen molar-refractivity contribution in [1.29, 1.82) is 0 Å². The van der Waals surface area contributed by atoms with Crippen LogP contribution < -0.4 is 14.8 Å². The van der Waals surface area contributed by atoms with Gasteiger partial charge in [-0.25, -0.2) is 0 Å². The summed E-state index contributed by atoms with van der Waals surface area (Å²) in [6.07, 6.45) is 1.76. The Morgan fingerprint density at radius 2 is 1.95 bits per heavy atom. The minimum absolute atomic E-state index is 0.279. The first-order chi connectivity index (χ1) is 10.6. The number of hydrogen-bond donors (Lipinski definition) is 2. The first kappa shape index (κ1) is 14.0. The number of rotatable bonds is 4. The van der Waals surface area contributed by atoms with E-state index in [-0.39, 0.29) is 5.91 Å². The molecule has 7 heteroatoms. The van der Waals surface area contributed by atoms with Crippen molar-refractivity contribution in [3.8, 4) is 11.5 Å².